The highest BCUT2D eigenvalue weighted by Gasteiger charge is 2.16. The van der Waals surface area contributed by atoms with Gasteiger partial charge in [0.1, 0.15) is 0 Å². The van der Waals surface area contributed by atoms with Gasteiger partial charge in [-0.15, -0.1) is 0 Å². The summed E-state index contributed by atoms with van der Waals surface area (Å²) in [6, 6.07) is 10.1. The second-order valence-corrected chi connectivity index (χ2v) is 6.64. The molecule has 0 spiro atoms. The molecule has 0 aliphatic carbocycles. The molecule has 140 valence electrons. The molecule has 3 aromatic rings. The fourth-order valence-electron chi connectivity index (χ4n) is 2.45. The van der Waals surface area contributed by atoms with Crippen LogP contribution in [0.15, 0.2) is 51.6 Å². The molecule has 2 heterocycles. The normalized spacial score (nSPS) is 10.8. The Kier molecular flexibility index (Phi) is 5.40. The molecular weight excluding hydrogens is 346 g/mol. The molecule has 7 heteroatoms. The van der Waals surface area contributed by atoms with Gasteiger partial charge >= 0.3 is 0 Å². The Hall–Kier alpha value is -3.35. The van der Waals surface area contributed by atoms with Crippen LogP contribution in [0.2, 0.25) is 0 Å². The quantitative estimate of drug-likeness (QED) is 0.689. The van der Waals surface area contributed by atoms with Gasteiger partial charge in [0.25, 0.3) is 11.8 Å². The van der Waals surface area contributed by atoms with Gasteiger partial charge in [-0.1, -0.05) is 19.0 Å². The first-order valence-corrected chi connectivity index (χ1v) is 8.65. The van der Waals surface area contributed by atoms with Crippen LogP contribution in [0.1, 0.15) is 40.3 Å². The van der Waals surface area contributed by atoms with Gasteiger partial charge in [0.05, 0.1) is 6.26 Å². The zero-order valence-corrected chi connectivity index (χ0v) is 15.4. The van der Waals surface area contributed by atoms with Gasteiger partial charge < -0.3 is 19.6 Å². The minimum atomic E-state index is -0.406. The molecule has 0 saturated heterocycles. The van der Waals surface area contributed by atoms with Crippen molar-refractivity contribution in [3.05, 3.63) is 59.5 Å². The predicted octanol–water partition coefficient (Wildman–Crippen LogP) is 3.88. The third-order valence-corrected chi connectivity index (χ3v) is 3.91. The van der Waals surface area contributed by atoms with Gasteiger partial charge in [0.2, 0.25) is 5.76 Å². The molecule has 0 atom stereocenters. The van der Waals surface area contributed by atoms with Crippen LogP contribution in [0, 0.1) is 12.8 Å². The second-order valence-electron chi connectivity index (χ2n) is 6.64. The molecule has 0 saturated carbocycles. The maximum atomic E-state index is 12.4. The summed E-state index contributed by atoms with van der Waals surface area (Å²) in [6.07, 6.45) is 1.51. The Labute approximate surface area is 156 Å². The number of carbonyl (C=O) groups is 2. The minimum absolute atomic E-state index is 0.135. The summed E-state index contributed by atoms with van der Waals surface area (Å²) in [7, 11) is 0. The van der Waals surface area contributed by atoms with Crippen molar-refractivity contribution in [2.45, 2.75) is 20.8 Å². The number of nitrogens with one attached hydrogen (secondary N) is 2. The van der Waals surface area contributed by atoms with Crippen LogP contribution < -0.4 is 10.6 Å². The van der Waals surface area contributed by atoms with E-state index >= 15 is 0 Å². The van der Waals surface area contributed by atoms with E-state index in [2.05, 4.69) is 15.8 Å². The Morgan fingerprint density at radius 2 is 1.93 bits per heavy atom. The monoisotopic (exact) mass is 367 g/mol. The number of benzene rings is 1. The van der Waals surface area contributed by atoms with E-state index in [0.29, 0.717) is 35.2 Å². The number of nitrogens with zero attached hydrogens (tertiary/aromatic N) is 1. The summed E-state index contributed by atoms with van der Waals surface area (Å²) in [6.45, 7) is 6.50. The van der Waals surface area contributed by atoms with Crippen LogP contribution in [0.5, 0.6) is 0 Å². The first kappa shape index (κ1) is 18.4. The summed E-state index contributed by atoms with van der Waals surface area (Å²) in [4.78, 5) is 24.5. The number of amides is 2. The van der Waals surface area contributed by atoms with Gasteiger partial charge in [0.15, 0.2) is 11.5 Å². The lowest BCUT2D eigenvalue weighted by atomic mass is 10.1. The molecular formula is C20H21N3O4. The van der Waals surface area contributed by atoms with E-state index in [4.69, 9.17) is 8.94 Å². The number of aryl methyl sites for hydroxylation is 1. The number of rotatable bonds is 6. The van der Waals surface area contributed by atoms with Crippen LogP contribution >= 0.6 is 0 Å². The van der Waals surface area contributed by atoms with E-state index in [1.54, 1.807) is 30.3 Å². The van der Waals surface area contributed by atoms with Crippen LogP contribution in [0.4, 0.5) is 5.69 Å². The van der Waals surface area contributed by atoms with E-state index in [9.17, 15) is 9.59 Å². The lowest BCUT2D eigenvalue weighted by Crippen LogP contribution is -2.27. The number of furan rings is 1. The molecule has 0 aliphatic rings. The van der Waals surface area contributed by atoms with Crippen LogP contribution in [0.3, 0.4) is 0 Å². The highest BCUT2D eigenvalue weighted by molar-refractivity contribution is 6.04. The van der Waals surface area contributed by atoms with Crippen molar-refractivity contribution < 1.29 is 18.5 Å². The van der Waals surface area contributed by atoms with E-state index in [0.717, 1.165) is 5.56 Å². The minimum Gasteiger partial charge on any atom is -0.461 e. The predicted molar refractivity (Wildman–Crippen MR) is 101 cm³/mol. The third-order valence-electron chi connectivity index (χ3n) is 3.91. The van der Waals surface area contributed by atoms with Gasteiger partial charge in [-0.3, -0.25) is 9.59 Å². The fourth-order valence-corrected chi connectivity index (χ4v) is 2.45. The number of anilines is 1. The van der Waals surface area contributed by atoms with Crippen molar-refractivity contribution in [1.29, 1.82) is 0 Å². The maximum absolute atomic E-state index is 12.4. The summed E-state index contributed by atoms with van der Waals surface area (Å²) in [5, 5.41) is 9.42. The van der Waals surface area contributed by atoms with E-state index in [1.165, 1.54) is 12.3 Å². The molecule has 7 nitrogen and oxygen atoms in total. The number of aromatic nitrogens is 1. The number of hydrogen-bond acceptors (Lipinski definition) is 5. The highest BCUT2D eigenvalue weighted by atomic mass is 16.5. The molecule has 27 heavy (non-hydrogen) atoms. The smallest absolute Gasteiger partial charge is 0.277 e. The largest absolute Gasteiger partial charge is 0.461 e. The standard InChI is InChI=1S/C20H21N3O4/c1-12(2)11-21-19(24)14-6-7-15(13(3)9-14)22-20(25)16-10-18(27-23-16)17-5-4-8-26-17/h4-10,12H,11H2,1-3H3,(H,21,24)(H,22,25). The van der Waals surface area contributed by atoms with Crippen molar-refractivity contribution >= 4 is 17.5 Å². The van der Waals surface area contributed by atoms with Crippen molar-refractivity contribution in [1.82, 2.24) is 10.5 Å². The lowest BCUT2D eigenvalue weighted by molar-refractivity contribution is 0.0948. The molecule has 0 radical (unpaired) electrons. The zero-order chi connectivity index (χ0) is 19.4. The Morgan fingerprint density at radius 3 is 2.59 bits per heavy atom. The summed E-state index contributed by atoms with van der Waals surface area (Å²) in [5.74, 6) is 0.705. The van der Waals surface area contributed by atoms with Crippen molar-refractivity contribution in [2.75, 3.05) is 11.9 Å². The van der Waals surface area contributed by atoms with E-state index in [1.807, 2.05) is 20.8 Å². The van der Waals surface area contributed by atoms with Crippen LogP contribution in [-0.4, -0.2) is 23.5 Å². The summed E-state index contributed by atoms with van der Waals surface area (Å²) >= 11 is 0. The van der Waals surface area contributed by atoms with E-state index in [-0.39, 0.29) is 11.6 Å². The third kappa shape index (κ3) is 4.44. The molecule has 3 rings (SSSR count). The van der Waals surface area contributed by atoms with Crippen LogP contribution in [0.25, 0.3) is 11.5 Å². The van der Waals surface area contributed by atoms with Gasteiger partial charge in [-0.25, -0.2) is 0 Å². The molecule has 1 aromatic carbocycles. The zero-order valence-electron chi connectivity index (χ0n) is 15.4. The first-order chi connectivity index (χ1) is 12.9. The number of carbonyl (C=O) groups excluding carboxylic acids is 2. The molecule has 2 N–H and O–H groups in total. The molecule has 0 bridgehead atoms. The van der Waals surface area contributed by atoms with Gasteiger partial charge in [-0.2, -0.15) is 0 Å². The van der Waals surface area contributed by atoms with Crippen molar-refractivity contribution in [3.8, 4) is 11.5 Å². The average molecular weight is 367 g/mol. The van der Waals surface area contributed by atoms with Gasteiger partial charge in [0, 0.05) is 23.9 Å². The topological polar surface area (TPSA) is 97.4 Å². The Morgan fingerprint density at radius 1 is 1.11 bits per heavy atom. The van der Waals surface area contributed by atoms with E-state index < -0.39 is 5.91 Å². The average Bonchev–Trinajstić information content (AvgIpc) is 3.32. The van der Waals surface area contributed by atoms with Crippen molar-refractivity contribution in [3.63, 3.8) is 0 Å². The summed E-state index contributed by atoms with van der Waals surface area (Å²) < 4.78 is 10.4. The molecule has 0 aliphatic heterocycles. The SMILES string of the molecule is Cc1cc(C(=O)NCC(C)C)ccc1NC(=O)c1cc(-c2ccco2)on1. The number of hydrogen-bond donors (Lipinski definition) is 2. The highest BCUT2D eigenvalue weighted by Crippen LogP contribution is 2.22. The molecule has 0 fully saturated rings. The Bertz CT molecular complexity index is 942. The van der Waals surface area contributed by atoms with Crippen molar-refractivity contribution in [2.24, 2.45) is 5.92 Å². The summed E-state index contributed by atoms with van der Waals surface area (Å²) in [5.41, 5.74) is 2.06. The molecule has 0 unspecified atom stereocenters. The lowest BCUT2D eigenvalue weighted by Gasteiger charge is -2.11. The van der Waals surface area contributed by atoms with Gasteiger partial charge in [-0.05, 0) is 48.7 Å². The maximum Gasteiger partial charge on any atom is 0.277 e. The second kappa shape index (κ2) is 7.90. The molecule has 2 aromatic heterocycles. The Balaban J connectivity index is 1.68. The first-order valence-electron chi connectivity index (χ1n) is 8.65. The van der Waals surface area contributed by atoms with Crippen LogP contribution in [-0.2, 0) is 0 Å². The molecule has 2 amide bonds. The fraction of sp³-hybridized carbons (Fsp3) is 0.250.